The molecule has 0 spiro atoms. The number of nitriles is 1. The van der Waals surface area contributed by atoms with E-state index >= 15 is 0 Å². The van der Waals surface area contributed by atoms with Crippen LogP contribution in [0.25, 0.3) is 0 Å². The molecule has 1 aromatic rings. The first kappa shape index (κ1) is 21.9. The molecule has 1 aliphatic heterocycles. The maximum absolute atomic E-state index is 12.5. The third-order valence-corrected chi connectivity index (χ3v) is 6.67. The van der Waals surface area contributed by atoms with E-state index in [0.29, 0.717) is 0 Å². The normalized spacial score (nSPS) is 23.8. The molecule has 1 saturated heterocycles. The molecule has 1 aliphatic rings. The van der Waals surface area contributed by atoms with E-state index in [2.05, 4.69) is 10.6 Å². The Kier molecular flexibility index (Phi) is 6.80. The lowest BCUT2D eigenvalue weighted by Crippen LogP contribution is -2.54. The van der Waals surface area contributed by atoms with Crippen molar-refractivity contribution in [1.82, 2.24) is 10.6 Å². The Morgan fingerprint density at radius 3 is 2.11 bits per heavy atom. The molecule has 0 aromatic heterocycles. The van der Waals surface area contributed by atoms with Crippen LogP contribution < -0.4 is 10.6 Å². The number of sulfone groups is 1. The summed E-state index contributed by atoms with van der Waals surface area (Å²) < 4.78 is 24.0. The summed E-state index contributed by atoms with van der Waals surface area (Å²) in [7, 11) is -3.47. The van der Waals surface area contributed by atoms with Gasteiger partial charge in [-0.05, 0) is 19.4 Å². The minimum Gasteiger partial charge on any atom is -0.383 e. The number of aliphatic hydroxyl groups is 1. The number of aliphatic hydroxyl groups excluding tert-OH is 1. The molecule has 1 aromatic carbocycles. The van der Waals surface area contributed by atoms with E-state index in [-0.39, 0.29) is 11.5 Å². The van der Waals surface area contributed by atoms with Gasteiger partial charge in [-0.3, -0.25) is 9.59 Å². The largest absolute Gasteiger partial charge is 0.383 e. The monoisotopic (exact) mass is 407 g/mol. The van der Waals surface area contributed by atoms with Crippen molar-refractivity contribution < 1.29 is 23.1 Å². The van der Waals surface area contributed by atoms with Crippen LogP contribution >= 0.6 is 0 Å². The van der Waals surface area contributed by atoms with Gasteiger partial charge in [0.15, 0.2) is 9.84 Å². The minimum absolute atomic E-state index is 0.328. The molecule has 3 N–H and O–H groups in total. The molecule has 28 heavy (non-hydrogen) atoms. The van der Waals surface area contributed by atoms with Gasteiger partial charge in [0, 0.05) is 5.92 Å². The number of nitrogens with zero attached hydrogens (tertiary/aromatic N) is 1. The Morgan fingerprint density at radius 1 is 1.11 bits per heavy atom. The van der Waals surface area contributed by atoms with E-state index < -0.39 is 51.7 Å². The maximum atomic E-state index is 12.5. The third-order valence-electron chi connectivity index (χ3n) is 4.94. The highest BCUT2D eigenvalue weighted by molar-refractivity contribution is 7.91. The predicted molar refractivity (Wildman–Crippen MR) is 103 cm³/mol. The lowest BCUT2D eigenvalue weighted by atomic mass is 9.94. The third kappa shape index (κ3) is 5.30. The fraction of sp³-hybridized carbons (Fsp3) is 0.526. The number of aryl methyl sites for hydroxylation is 1. The van der Waals surface area contributed by atoms with E-state index in [1.165, 1.54) is 6.92 Å². The van der Waals surface area contributed by atoms with E-state index in [1.54, 1.807) is 13.0 Å². The zero-order chi connectivity index (χ0) is 21.1. The number of carbonyl (C=O) groups excluding carboxylic acids is 2. The van der Waals surface area contributed by atoms with Gasteiger partial charge in [0.2, 0.25) is 11.8 Å². The Bertz CT molecular complexity index is 876. The Labute approximate surface area is 164 Å². The van der Waals surface area contributed by atoms with Crippen molar-refractivity contribution in [1.29, 1.82) is 5.26 Å². The molecule has 8 nitrogen and oxygen atoms in total. The lowest BCUT2D eigenvalue weighted by Gasteiger charge is -2.24. The van der Waals surface area contributed by atoms with Gasteiger partial charge in [-0.25, -0.2) is 8.42 Å². The highest BCUT2D eigenvalue weighted by atomic mass is 32.2. The van der Waals surface area contributed by atoms with Gasteiger partial charge in [0.25, 0.3) is 0 Å². The minimum atomic E-state index is -3.47. The summed E-state index contributed by atoms with van der Waals surface area (Å²) in [5, 5.41) is 24.3. The van der Waals surface area contributed by atoms with Crippen molar-refractivity contribution in [2.45, 2.75) is 44.9 Å². The number of carbonyl (C=O) groups is 2. The SMILES string of the molecule is Cc1ccc(C(C)C(O)C(=O)NC2CS(=O)(=O)CC2NC(=O)C(C)C#N)cc1. The van der Waals surface area contributed by atoms with E-state index in [1.807, 2.05) is 31.2 Å². The first-order valence-corrected chi connectivity index (χ1v) is 10.8. The van der Waals surface area contributed by atoms with Crippen molar-refractivity contribution in [3.05, 3.63) is 35.4 Å². The highest BCUT2D eigenvalue weighted by Gasteiger charge is 2.41. The van der Waals surface area contributed by atoms with Crippen LogP contribution in [0.2, 0.25) is 0 Å². The molecule has 0 bridgehead atoms. The summed E-state index contributed by atoms with van der Waals surface area (Å²) in [6.45, 7) is 5.03. The number of amides is 2. The fourth-order valence-corrected chi connectivity index (χ4v) is 4.91. The molecule has 5 atom stereocenters. The molecule has 5 unspecified atom stereocenters. The highest BCUT2D eigenvalue weighted by Crippen LogP contribution is 2.21. The summed E-state index contributed by atoms with van der Waals surface area (Å²) in [5.74, 6) is -3.40. The molecule has 1 heterocycles. The molecule has 0 aliphatic carbocycles. The summed E-state index contributed by atoms with van der Waals surface area (Å²) in [6, 6.07) is 7.46. The standard InChI is InChI=1S/C19H25N3O5S/c1-11-4-6-14(7-5-11)13(3)17(23)19(25)22-16-10-28(26,27)9-15(16)21-18(24)12(2)8-20/h4-7,12-13,15-17,23H,9-10H2,1-3H3,(H,21,24)(H,22,25). The second kappa shape index (κ2) is 8.71. The number of hydrogen-bond acceptors (Lipinski definition) is 6. The van der Waals surface area contributed by atoms with Gasteiger partial charge < -0.3 is 15.7 Å². The Hall–Kier alpha value is -2.44. The average molecular weight is 407 g/mol. The Balaban J connectivity index is 2.08. The molecular weight excluding hydrogens is 382 g/mol. The quantitative estimate of drug-likeness (QED) is 0.608. The molecule has 152 valence electrons. The summed E-state index contributed by atoms with van der Waals surface area (Å²) in [4.78, 5) is 24.4. The smallest absolute Gasteiger partial charge is 0.249 e. The van der Waals surface area contributed by atoms with Crippen LogP contribution in [0.4, 0.5) is 0 Å². The molecule has 0 radical (unpaired) electrons. The Morgan fingerprint density at radius 2 is 1.61 bits per heavy atom. The van der Waals surface area contributed by atoms with Crippen LogP contribution in [0.3, 0.4) is 0 Å². The second-order valence-electron chi connectivity index (χ2n) is 7.30. The number of nitrogens with one attached hydrogen (secondary N) is 2. The van der Waals surface area contributed by atoms with Gasteiger partial charge in [-0.15, -0.1) is 0 Å². The van der Waals surface area contributed by atoms with Crippen LogP contribution in [-0.2, 0) is 19.4 Å². The number of hydrogen-bond donors (Lipinski definition) is 3. The summed E-state index contributed by atoms with van der Waals surface area (Å²) >= 11 is 0. The molecule has 0 saturated carbocycles. The van der Waals surface area contributed by atoms with Crippen molar-refractivity contribution in [3.8, 4) is 6.07 Å². The second-order valence-corrected chi connectivity index (χ2v) is 9.46. The molecule has 9 heteroatoms. The van der Waals surface area contributed by atoms with Crippen LogP contribution in [0.5, 0.6) is 0 Å². The van der Waals surface area contributed by atoms with Gasteiger partial charge in [0.05, 0.1) is 29.7 Å². The van der Waals surface area contributed by atoms with Crippen LogP contribution in [0, 0.1) is 24.2 Å². The summed E-state index contributed by atoms with van der Waals surface area (Å²) in [5.41, 5.74) is 1.83. The number of benzene rings is 1. The predicted octanol–water partition coefficient (Wildman–Crippen LogP) is 0.0171. The van der Waals surface area contributed by atoms with Crippen molar-refractivity contribution >= 4 is 21.7 Å². The molecular formula is C19H25N3O5S. The van der Waals surface area contributed by atoms with Gasteiger partial charge in [-0.2, -0.15) is 5.26 Å². The van der Waals surface area contributed by atoms with Crippen LogP contribution in [0.1, 0.15) is 30.9 Å². The zero-order valence-corrected chi connectivity index (χ0v) is 16.9. The van der Waals surface area contributed by atoms with Crippen LogP contribution in [0.15, 0.2) is 24.3 Å². The maximum Gasteiger partial charge on any atom is 0.249 e. The molecule has 1 fully saturated rings. The zero-order valence-electron chi connectivity index (χ0n) is 16.0. The number of rotatable bonds is 6. The average Bonchev–Trinajstić information content (AvgIpc) is 2.93. The van der Waals surface area contributed by atoms with Gasteiger partial charge in [0.1, 0.15) is 12.0 Å². The van der Waals surface area contributed by atoms with E-state index in [9.17, 15) is 23.1 Å². The van der Waals surface area contributed by atoms with Crippen molar-refractivity contribution in [2.75, 3.05) is 11.5 Å². The first-order valence-electron chi connectivity index (χ1n) is 8.99. The van der Waals surface area contributed by atoms with Gasteiger partial charge >= 0.3 is 0 Å². The van der Waals surface area contributed by atoms with E-state index in [0.717, 1.165) is 11.1 Å². The molecule has 2 amide bonds. The van der Waals surface area contributed by atoms with E-state index in [4.69, 9.17) is 5.26 Å². The fourth-order valence-electron chi connectivity index (χ4n) is 3.05. The topological polar surface area (TPSA) is 136 Å². The first-order chi connectivity index (χ1) is 13.0. The molecule has 2 rings (SSSR count). The summed E-state index contributed by atoms with van der Waals surface area (Å²) in [6.07, 6.45) is -1.37. The van der Waals surface area contributed by atoms with Crippen molar-refractivity contribution in [2.24, 2.45) is 5.92 Å². The lowest BCUT2D eigenvalue weighted by molar-refractivity contribution is -0.131. The van der Waals surface area contributed by atoms with Crippen LogP contribution in [-0.4, -0.2) is 55.0 Å². The van der Waals surface area contributed by atoms with Gasteiger partial charge in [-0.1, -0.05) is 36.8 Å². The van der Waals surface area contributed by atoms with Crippen molar-refractivity contribution in [3.63, 3.8) is 0 Å².